The summed E-state index contributed by atoms with van der Waals surface area (Å²) >= 11 is 0. The van der Waals surface area contributed by atoms with E-state index in [9.17, 15) is 14.0 Å². The topological polar surface area (TPSA) is 61.4 Å². The molecule has 0 spiro atoms. The van der Waals surface area contributed by atoms with Gasteiger partial charge in [0.1, 0.15) is 5.82 Å². The van der Waals surface area contributed by atoms with E-state index in [2.05, 4.69) is 10.6 Å². The van der Waals surface area contributed by atoms with Gasteiger partial charge in [-0.1, -0.05) is 42.5 Å². The number of benzene rings is 2. The van der Waals surface area contributed by atoms with Gasteiger partial charge >= 0.3 is 6.03 Å². The zero-order chi connectivity index (χ0) is 18.5. The van der Waals surface area contributed by atoms with Crippen LogP contribution in [-0.2, 0) is 4.79 Å². The molecule has 0 bridgehead atoms. The fourth-order valence-corrected chi connectivity index (χ4v) is 3.00. The zero-order valence-electron chi connectivity index (χ0n) is 14.7. The van der Waals surface area contributed by atoms with Crippen LogP contribution in [0.3, 0.4) is 0 Å². The SMILES string of the molecule is C[C@@H](C(=O)NCCN1CCNC1=O)c1ccc(-c2ccccc2)c(F)c1. The molecule has 1 saturated heterocycles. The maximum absolute atomic E-state index is 14.5. The fourth-order valence-electron chi connectivity index (χ4n) is 3.00. The molecule has 0 aliphatic carbocycles. The Morgan fingerprint density at radius 3 is 2.69 bits per heavy atom. The van der Waals surface area contributed by atoms with Crippen molar-refractivity contribution >= 4 is 11.9 Å². The van der Waals surface area contributed by atoms with Crippen molar-refractivity contribution in [2.24, 2.45) is 0 Å². The standard InChI is InChI=1S/C20H22FN3O2/c1-14(19(25)22-9-11-24-12-10-23-20(24)26)16-7-8-17(18(21)13-16)15-5-3-2-4-6-15/h2-8,13-14H,9-12H2,1H3,(H,22,25)(H,23,26)/t14-/m1/s1. The molecule has 2 N–H and O–H groups in total. The highest BCUT2D eigenvalue weighted by Gasteiger charge is 2.20. The van der Waals surface area contributed by atoms with Crippen LogP contribution in [0, 0.1) is 5.82 Å². The van der Waals surface area contributed by atoms with Crippen molar-refractivity contribution < 1.29 is 14.0 Å². The number of amides is 3. The lowest BCUT2D eigenvalue weighted by Gasteiger charge is -2.17. The minimum Gasteiger partial charge on any atom is -0.354 e. The van der Waals surface area contributed by atoms with Crippen LogP contribution in [0.1, 0.15) is 18.4 Å². The van der Waals surface area contributed by atoms with Crippen LogP contribution >= 0.6 is 0 Å². The molecule has 2 aromatic carbocycles. The highest BCUT2D eigenvalue weighted by Crippen LogP contribution is 2.26. The van der Waals surface area contributed by atoms with Gasteiger partial charge in [0.15, 0.2) is 0 Å². The Morgan fingerprint density at radius 1 is 1.27 bits per heavy atom. The minimum absolute atomic E-state index is 0.106. The van der Waals surface area contributed by atoms with E-state index in [1.54, 1.807) is 24.0 Å². The van der Waals surface area contributed by atoms with Crippen molar-refractivity contribution in [3.8, 4) is 11.1 Å². The lowest BCUT2D eigenvalue weighted by molar-refractivity contribution is -0.122. The predicted octanol–water partition coefficient (Wildman–Crippen LogP) is 2.74. The van der Waals surface area contributed by atoms with Gasteiger partial charge in [-0.15, -0.1) is 0 Å². The Balaban J connectivity index is 1.60. The third-order valence-electron chi connectivity index (χ3n) is 4.60. The molecule has 5 nitrogen and oxygen atoms in total. The Morgan fingerprint density at radius 2 is 2.04 bits per heavy atom. The van der Waals surface area contributed by atoms with E-state index < -0.39 is 5.92 Å². The van der Waals surface area contributed by atoms with Gasteiger partial charge in [-0.05, 0) is 24.1 Å². The molecule has 1 aliphatic heterocycles. The summed E-state index contributed by atoms with van der Waals surface area (Å²) < 4.78 is 14.5. The van der Waals surface area contributed by atoms with E-state index in [4.69, 9.17) is 0 Å². The third kappa shape index (κ3) is 4.02. The van der Waals surface area contributed by atoms with E-state index in [1.807, 2.05) is 30.3 Å². The van der Waals surface area contributed by atoms with Crippen LogP contribution in [0.25, 0.3) is 11.1 Å². The number of urea groups is 1. The zero-order valence-corrected chi connectivity index (χ0v) is 14.7. The number of halogens is 1. The maximum Gasteiger partial charge on any atom is 0.317 e. The first-order chi connectivity index (χ1) is 12.6. The summed E-state index contributed by atoms with van der Waals surface area (Å²) in [4.78, 5) is 25.4. The van der Waals surface area contributed by atoms with Crippen LogP contribution in [0.4, 0.5) is 9.18 Å². The molecule has 6 heteroatoms. The van der Waals surface area contributed by atoms with Gasteiger partial charge in [-0.2, -0.15) is 0 Å². The van der Waals surface area contributed by atoms with Gasteiger partial charge < -0.3 is 15.5 Å². The second-order valence-electron chi connectivity index (χ2n) is 6.34. The van der Waals surface area contributed by atoms with Crippen molar-refractivity contribution in [3.05, 3.63) is 59.9 Å². The Labute approximate surface area is 152 Å². The van der Waals surface area contributed by atoms with E-state index in [0.717, 1.165) is 5.56 Å². The van der Waals surface area contributed by atoms with Gasteiger partial charge in [0.05, 0.1) is 5.92 Å². The summed E-state index contributed by atoms with van der Waals surface area (Å²) in [5.74, 6) is -1.000. The second-order valence-corrected chi connectivity index (χ2v) is 6.34. The molecule has 1 aliphatic rings. The average molecular weight is 355 g/mol. The van der Waals surface area contributed by atoms with E-state index >= 15 is 0 Å². The number of carbonyl (C=O) groups excluding carboxylic acids is 2. The summed E-state index contributed by atoms with van der Waals surface area (Å²) in [6.45, 7) is 3.87. The van der Waals surface area contributed by atoms with Gasteiger partial charge in [0, 0.05) is 31.7 Å². The number of rotatable bonds is 6. The highest BCUT2D eigenvalue weighted by molar-refractivity contribution is 5.83. The number of carbonyl (C=O) groups is 2. The third-order valence-corrected chi connectivity index (χ3v) is 4.60. The molecular weight excluding hydrogens is 333 g/mol. The number of nitrogens with one attached hydrogen (secondary N) is 2. The van der Waals surface area contributed by atoms with Crippen LogP contribution in [0.2, 0.25) is 0 Å². The summed E-state index contributed by atoms with van der Waals surface area (Å²) in [7, 11) is 0. The molecule has 0 saturated carbocycles. The van der Waals surface area contributed by atoms with Crippen LogP contribution in [-0.4, -0.2) is 43.0 Å². The first-order valence-electron chi connectivity index (χ1n) is 8.71. The molecule has 1 fully saturated rings. The molecule has 1 atom stereocenters. The number of nitrogens with zero attached hydrogens (tertiary/aromatic N) is 1. The van der Waals surface area contributed by atoms with E-state index in [-0.39, 0.29) is 17.8 Å². The molecule has 3 rings (SSSR count). The van der Waals surface area contributed by atoms with Gasteiger partial charge in [-0.3, -0.25) is 4.79 Å². The molecule has 26 heavy (non-hydrogen) atoms. The van der Waals surface area contributed by atoms with Crippen molar-refractivity contribution in [2.75, 3.05) is 26.2 Å². The monoisotopic (exact) mass is 355 g/mol. The van der Waals surface area contributed by atoms with Gasteiger partial charge in [0.2, 0.25) is 5.91 Å². The lowest BCUT2D eigenvalue weighted by Crippen LogP contribution is -2.38. The van der Waals surface area contributed by atoms with E-state index in [1.165, 1.54) is 6.07 Å². The summed E-state index contributed by atoms with van der Waals surface area (Å²) in [5.41, 5.74) is 1.94. The minimum atomic E-state index is -0.471. The normalized spacial score (nSPS) is 14.8. The molecular formula is C20H22FN3O2. The first-order valence-corrected chi connectivity index (χ1v) is 8.71. The van der Waals surface area contributed by atoms with Crippen LogP contribution < -0.4 is 10.6 Å². The Hall–Kier alpha value is -2.89. The van der Waals surface area contributed by atoms with Crippen molar-refractivity contribution in [1.29, 1.82) is 0 Å². The largest absolute Gasteiger partial charge is 0.354 e. The molecule has 0 radical (unpaired) electrons. The highest BCUT2D eigenvalue weighted by atomic mass is 19.1. The second kappa shape index (κ2) is 7.99. The van der Waals surface area contributed by atoms with Gasteiger partial charge in [-0.25, -0.2) is 9.18 Å². The predicted molar refractivity (Wildman–Crippen MR) is 98.2 cm³/mol. The number of hydrogen-bond acceptors (Lipinski definition) is 2. The molecule has 0 aromatic heterocycles. The Kier molecular flexibility index (Phi) is 5.51. The Bertz CT molecular complexity index is 795. The number of hydrogen-bond donors (Lipinski definition) is 2. The summed E-state index contributed by atoms with van der Waals surface area (Å²) in [5, 5.41) is 5.52. The van der Waals surface area contributed by atoms with Crippen molar-refractivity contribution in [3.63, 3.8) is 0 Å². The smallest absolute Gasteiger partial charge is 0.317 e. The summed E-state index contributed by atoms with van der Waals surface area (Å²) in [6, 6.07) is 14.1. The molecule has 136 valence electrons. The van der Waals surface area contributed by atoms with Crippen LogP contribution in [0.5, 0.6) is 0 Å². The summed E-state index contributed by atoms with van der Waals surface area (Å²) in [6.07, 6.45) is 0. The van der Waals surface area contributed by atoms with Crippen molar-refractivity contribution in [2.45, 2.75) is 12.8 Å². The van der Waals surface area contributed by atoms with Crippen LogP contribution in [0.15, 0.2) is 48.5 Å². The fraction of sp³-hybridized carbons (Fsp3) is 0.300. The first kappa shape index (κ1) is 17.9. The lowest BCUT2D eigenvalue weighted by atomic mass is 9.96. The molecule has 1 heterocycles. The van der Waals surface area contributed by atoms with Gasteiger partial charge in [0.25, 0.3) is 0 Å². The molecule has 3 amide bonds. The maximum atomic E-state index is 14.5. The molecule has 2 aromatic rings. The van der Waals surface area contributed by atoms with E-state index in [0.29, 0.717) is 37.3 Å². The average Bonchev–Trinajstić information content (AvgIpc) is 3.06. The van der Waals surface area contributed by atoms with Crippen molar-refractivity contribution in [1.82, 2.24) is 15.5 Å². The quantitative estimate of drug-likeness (QED) is 0.837. The molecule has 0 unspecified atom stereocenters.